The number of hydrogen-bond acceptors (Lipinski definition) is 3. The van der Waals surface area contributed by atoms with Crippen molar-refractivity contribution in [2.24, 2.45) is 0 Å². The molecular weight excluding hydrogens is 222 g/mol. The second-order valence-electron chi connectivity index (χ2n) is 3.44. The summed E-state index contributed by atoms with van der Waals surface area (Å²) in [5.74, 6) is 0. The Balaban J connectivity index is 2.34. The molecule has 82 valence electrons. The number of nitrogens with one attached hydrogen (secondary N) is 1. The molecule has 0 aliphatic carbocycles. The van der Waals surface area contributed by atoms with Crippen molar-refractivity contribution in [3.63, 3.8) is 0 Å². The molecule has 0 aliphatic heterocycles. The van der Waals surface area contributed by atoms with Crippen LogP contribution in [-0.4, -0.2) is 0 Å². The molecule has 2 aromatic carbocycles. The first-order valence-electron chi connectivity index (χ1n) is 4.83. The molecule has 0 radical (unpaired) electrons. The smallest absolute Gasteiger partial charge is 0.0633 e. The van der Waals surface area contributed by atoms with E-state index >= 15 is 0 Å². The van der Waals surface area contributed by atoms with Gasteiger partial charge in [-0.25, -0.2) is 0 Å². The molecule has 4 heteroatoms. The lowest BCUT2D eigenvalue weighted by molar-refractivity contribution is 1.54. The Labute approximate surface area is 99.0 Å². The summed E-state index contributed by atoms with van der Waals surface area (Å²) >= 11 is 5.90. The van der Waals surface area contributed by atoms with E-state index in [9.17, 15) is 0 Å². The number of nitrogens with two attached hydrogens (primary N) is 2. The van der Waals surface area contributed by atoms with E-state index in [0.29, 0.717) is 16.4 Å². The fourth-order valence-corrected chi connectivity index (χ4v) is 1.56. The van der Waals surface area contributed by atoms with Gasteiger partial charge >= 0.3 is 0 Å². The van der Waals surface area contributed by atoms with Crippen LogP contribution < -0.4 is 16.8 Å². The van der Waals surface area contributed by atoms with Gasteiger partial charge in [0.15, 0.2) is 0 Å². The molecule has 0 aromatic heterocycles. The van der Waals surface area contributed by atoms with Crippen LogP contribution in [0.3, 0.4) is 0 Å². The zero-order valence-corrected chi connectivity index (χ0v) is 9.33. The summed E-state index contributed by atoms with van der Waals surface area (Å²) in [6.07, 6.45) is 0. The lowest BCUT2D eigenvalue weighted by Gasteiger charge is -2.11. The molecule has 3 nitrogen and oxygen atoms in total. The second-order valence-corrected chi connectivity index (χ2v) is 3.88. The van der Waals surface area contributed by atoms with Gasteiger partial charge in [0.1, 0.15) is 0 Å². The molecule has 5 N–H and O–H groups in total. The number of benzene rings is 2. The summed E-state index contributed by atoms with van der Waals surface area (Å²) in [4.78, 5) is 0. The van der Waals surface area contributed by atoms with Crippen LogP contribution in [0.25, 0.3) is 0 Å². The molecule has 0 bridgehead atoms. The van der Waals surface area contributed by atoms with Crippen LogP contribution in [0.15, 0.2) is 42.5 Å². The number of para-hydroxylation sites is 2. The molecule has 16 heavy (non-hydrogen) atoms. The lowest BCUT2D eigenvalue weighted by atomic mass is 10.2. The Morgan fingerprint density at radius 1 is 0.875 bits per heavy atom. The van der Waals surface area contributed by atoms with E-state index in [0.717, 1.165) is 11.4 Å². The molecule has 0 unspecified atom stereocenters. The fraction of sp³-hybridized carbons (Fsp3) is 0. The van der Waals surface area contributed by atoms with Gasteiger partial charge in [0.25, 0.3) is 0 Å². The molecule has 0 saturated heterocycles. The fourth-order valence-electron chi connectivity index (χ4n) is 1.39. The highest BCUT2D eigenvalue weighted by molar-refractivity contribution is 6.31. The second kappa shape index (κ2) is 4.33. The first-order valence-corrected chi connectivity index (χ1v) is 5.21. The highest BCUT2D eigenvalue weighted by Crippen LogP contribution is 2.28. The van der Waals surface area contributed by atoms with Crippen molar-refractivity contribution in [1.82, 2.24) is 0 Å². The molecule has 0 saturated carbocycles. The van der Waals surface area contributed by atoms with E-state index in [1.807, 2.05) is 24.3 Å². The van der Waals surface area contributed by atoms with Crippen molar-refractivity contribution in [3.05, 3.63) is 47.5 Å². The Hall–Kier alpha value is -1.87. The Morgan fingerprint density at radius 3 is 2.31 bits per heavy atom. The number of hydrogen-bond donors (Lipinski definition) is 3. The molecule has 0 aliphatic rings. The van der Waals surface area contributed by atoms with Crippen molar-refractivity contribution in [2.45, 2.75) is 0 Å². The van der Waals surface area contributed by atoms with Crippen molar-refractivity contribution < 1.29 is 0 Å². The summed E-state index contributed by atoms with van der Waals surface area (Å²) in [6, 6.07) is 12.8. The minimum absolute atomic E-state index is 0.631. The topological polar surface area (TPSA) is 64.1 Å². The lowest BCUT2D eigenvalue weighted by Crippen LogP contribution is -1.99. The van der Waals surface area contributed by atoms with Gasteiger partial charge in [-0.15, -0.1) is 0 Å². The monoisotopic (exact) mass is 233 g/mol. The van der Waals surface area contributed by atoms with Crippen LogP contribution in [0, 0.1) is 0 Å². The van der Waals surface area contributed by atoms with Crippen LogP contribution in [-0.2, 0) is 0 Å². The van der Waals surface area contributed by atoms with Crippen LogP contribution in [0.2, 0.25) is 5.02 Å². The van der Waals surface area contributed by atoms with Gasteiger partial charge < -0.3 is 16.8 Å². The van der Waals surface area contributed by atoms with Crippen LogP contribution in [0.1, 0.15) is 0 Å². The predicted octanol–water partition coefficient (Wildman–Crippen LogP) is 3.25. The molecule has 0 fully saturated rings. The third-order valence-corrected chi connectivity index (χ3v) is 2.48. The van der Waals surface area contributed by atoms with E-state index in [1.54, 1.807) is 18.2 Å². The molecule has 0 amide bonds. The van der Waals surface area contributed by atoms with Gasteiger partial charge in [0.2, 0.25) is 0 Å². The number of anilines is 4. The highest BCUT2D eigenvalue weighted by Gasteiger charge is 2.02. The molecule has 0 heterocycles. The SMILES string of the molecule is Nc1ccccc1Nc1cc(Cl)ccc1N. The van der Waals surface area contributed by atoms with Crippen LogP contribution in [0.5, 0.6) is 0 Å². The normalized spacial score (nSPS) is 10.1. The van der Waals surface area contributed by atoms with Gasteiger partial charge in [-0.1, -0.05) is 23.7 Å². The third-order valence-electron chi connectivity index (χ3n) is 2.25. The Kier molecular flexibility index (Phi) is 2.88. The van der Waals surface area contributed by atoms with E-state index in [1.165, 1.54) is 0 Å². The average molecular weight is 234 g/mol. The zero-order chi connectivity index (χ0) is 11.5. The Bertz CT molecular complexity index is 511. The van der Waals surface area contributed by atoms with Crippen molar-refractivity contribution in [2.75, 3.05) is 16.8 Å². The number of rotatable bonds is 2. The minimum Gasteiger partial charge on any atom is -0.397 e. The third kappa shape index (κ3) is 2.20. The largest absolute Gasteiger partial charge is 0.397 e. The average Bonchev–Trinajstić information content (AvgIpc) is 2.27. The van der Waals surface area contributed by atoms with E-state index in [4.69, 9.17) is 23.1 Å². The van der Waals surface area contributed by atoms with Crippen molar-refractivity contribution in [3.8, 4) is 0 Å². The molecule has 2 rings (SSSR count). The van der Waals surface area contributed by atoms with E-state index in [2.05, 4.69) is 5.32 Å². The minimum atomic E-state index is 0.631. The first-order chi connectivity index (χ1) is 7.66. The number of nitrogen functional groups attached to an aromatic ring is 2. The van der Waals surface area contributed by atoms with E-state index < -0.39 is 0 Å². The standard InChI is InChI=1S/C12H12ClN3/c13-8-5-6-10(15)12(7-8)16-11-4-2-1-3-9(11)14/h1-7,16H,14-15H2. The number of halogens is 1. The molecule has 0 spiro atoms. The van der Waals surface area contributed by atoms with Gasteiger partial charge in [-0.2, -0.15) is 0 Å². The van der Waals surface area contributed by atoms with Gasteiger partial charge in [0.05, 0.1) is 22.7 Å². The maximum atomic E-state index is 5.90. The van der Waals surface area contributed by atoms with Gasteiger partial charge in [-0.05, 0) is 30.3 Å². The maximum Gasteiger partial charge on any atom is 0.0633 e. The molecule has 2 aromatic rings. The highest BCUT2D eigenvalue weighted by atomic mass is 35.5. The van der Waals surface area contributed by atoms with Crippen LogP contribution in [0.4, 0.5) is 22.7 Å². The summed E-state index contributed by atoms with van der Waals surface area (Å²) in [5.41, 5.74) is 14.5. The van der Waals surface area contributed by atoms with Crippen LogP contribution >= 0.6 is 11.6 Å². The predicted molar refractivity (Wildman–Crippen MR) is 70.0 cm³/mol. The Morgan fingerprint density at radius 2 is 1.56 bits per heavy atom. The van der Waals surface area contributed by atoms with Gasteiger partial charge in [-0.3, -0.25) is 0 Å². The summed E-state index contributed by atoms with van der Waals surface area (Å²) in [6.45, 7) is 0. The zero-order valence-electron chi connectivity index (χ0n) is 8.57. The summed E-state index contributed by atoms with van der Waals surface area (Å²) in [7, 11) is 0. The van der Waals surface area contributed by atoms with Crippen molar-refractivity contribution >= 4 is 34.4 Å². The summed E-state index contributed by atoms with van der Waals surface area (Å²) in [5, 5.41) is 3.78. The van der Waals surface area contributed by atoms with Gasteiger partial charge in [0, 0.05) is 5.02 Å². The van der Waals surface area contributed by atoms with E-state index in [-0.39, 0.29) is 0 Å². The molecular formula is C12H12ClN3. The summed E-state index contributed by atoms with van der Waals surface area (Å²) < 4.78 is 0. The first kappa shape index (κ1) is 10.6. The molecule has 0 atom stereocenters. The quantitative estimate of drug-likeness (QED) is 0.698. The maximum absolute atomic E-state index is 5.90. The van der Waals surface area contributed by atoms with Crippen molar-refractivity contribution in [1.29, 1.82) is 0 Å².